The van der Waals surface area contributed by atoms with Gasteiger partial charge in [-0.15, -0.1) is 0 Å². The lowest BCUT2D eigenvalue weighted by atomic mass is 10.1. The Hall–Kier alpha value is -1.79. The van der Waals surface area contributed by atoms with Crippen molar-refractivity contribution in [3.63, 3.8) is 0 Å². The van der Waals surface area contributed by atoms with Crippen molar-refractivity contribution < 1.29 is 17.7 Å². The van der Waals surface area contributed by atoms with Gasteiger partial charge in [-0.05, 0) is 36.2 Å². The number of nitrogens with zero attached hydrogens (tertiary/aromatic N) is 1. The summed E-state index contributed by atoms with van der Waals surface area (Å²) in [7, 11) is -3.53. The molecule has 1 N–H and O–H groups in total. The second-order valence-electron chi connectivity index (χ2n) is 5.47. The first-order chi connectivity index (χ1) is 9.83. The van der Waals surface area contributed by atoms with E-state index >= 15 is 0 Å². The Balaban J connectivity index is 2.03. The van der Waals surface area contributed by atoms with Crippen LogP contribution in [-0.2, 0) is 23.1 Å². The van der Waals surface area contributed by atoms with Crippen molar-refractivity contribution in [2.75, 3.05) is 6.26 Å². The van der Waals surface area contributed by atoms with Crippen LogP contribution in [0.4, 0.5) is 0 Å². The summed E-state index contributed by atoms with van der Waals surface area (Å²) < 4.78 is 29.4. The molecule has 0 bridgehead atoms. The quantitative estimate of drug-likeness (QED) is 0.746. The Labute approximate surface area is 123 Å². The van der Waals surface area contributed by atoms with E-state index in [4.69, 9.17) is 4.18 Å². The molecular weight excluding hydrogens is 290 g/mol. The fraction of sp³-hybridized carbons (Fsp3) is 0.333. The summed E-state index contributed by atoms with van der Waals surface area (Å²) in [4.78, 5) is 0. The van der Waals surface area contributed by atoms with Crippen LogP contribution in [0.15, 0.2) is 30.5 Å². The van der Waals surface area contributed by atoms with Gasteiger partial charge in [0.05, 0.1) is 18.1 Å². The molecule has 2 aromatic rings. The van der Waals surface area contributed by atoms with Gasteiger partial charge in [-0.2, -0.15) is 8.42 Å². The third-order valence-electron chi connectivity index (χ3n) is 3.47. The highest BCUT2D eigenvalue weighted by molar-refractivity contribution is 7.86. The molecule has 112 valence electrons. The van der Waals surface area contributed by atoms with Gasteiger partial charge in [-0.25, -0.2) is 0 Å². The van der Waals surface area contributed by atoms with Crippen LogP contribution in [0.1, 0.15) is 18.1 Å². The SMILES string of the molecule is C[C@H](O)Cn1ccc2c1-c1cc(OS(C)(=O)=O)ccc1C2. The number of benzene rings is 1. The minimum Gasteiger partial charge on any atom is -0.392 e. The highest BCUT2D eigenvalue weighted by Crippen LogP contribution is 2.39. The summed E-state index contributed by atoms with van der Waals surface area (Å²) in [6.07, 6.45) is 3.35. The molecule has 1 heterocycles. The highest BCUT2D eigenvalue weighted by atomic mass is 32.2. The van der Waals surface area contributed by atoms with Gasteiger partial charge in [-0.1, -0.05) is 6.07 Å². The molecule has 0 unspecified atom stereocenters. The average molecular weight is 307 g/mol. The van der Waals surface area contributed by atoms with Crippen molar-refractivity contribution in [3.8, 4) is 17.0 Å². The van der Waals surface area contributed by atoms with Crippen molar-refractivity contribution in [2.24, 2.45) is 0 Å². The van der Waals surface area contributed by atoms with Gasteiger partial charge >= 0.3 is 10.1 Å². The number of aromatic nitrogens is 1. The number of hydrogen-bond acceptors (Lipinski definition) is 4. The van der Waals surface area contributed by atoms with E-state index in [2.05, 4.69) is 0 Å². The molecule has 6 heteroatoms. The van der Waals surface area contributed by atoms with Gasteiger partial charge in [0.1, 0.15) is 5.75 Å². The molecule has 0 spiro atoms. The first-order valence-electron chi connectivity index (χ1n) is 6.72. The summed E-state index contributed by atoms with van der Waals surface area (Å²) in [5.41, 5.74) is 4.32. The predicted octanol–water partition coefficient (Wildman–Crippen LogP) is 1.78. The van der Waals surface area contributed by atoms with E-state index in [9.17, 15) is 13.5 Å². The van der Waals surface area contributed by atoms with Crippen molar-refractivity contribution in [1.29, 1.82) is 0 Å². The van der Waals surface area contributed by atoms with Crippen LogP contribution in [0.2, 0.25) is 0 Å². The largest absolute Gasteiger partial charge is 0.392 e. The molecule has 1 aromatic carbocycles. The maximum atomic E-state index is 11.2. The van der Waals surface area contributed by atoms with Crippen LogP contribution < -0.4 is 4.18 Å². The monoisotopic (exact) mass is 307 g/mol. The zero-order valence-corrected chi connectivity index (χ0v) is 12.7. The molecule has 1 aliphatic carbocycles. The number of hydrogen-bond donors (Lipinski definition) is 1. The van der Waals surface area contributed by atoms with Gasteiger partial charge < -0.3 is 13.9 Å². The Kier molecular flexibility index (Phi) is 3.30. The van der Waals surface area contributed by atoms with Crippen LogP contribution >= 0.6 is 0 Å². The minimum absolute atomic E-state index is 0.314. The lowest BCUT2D eigenvalue weighted by Crippen LogP contribution is -2.11. The van der Waals surface area contributed by atoms with E-state index in [1.54, 1.807) is 19.1 Å². The topological polar surface area (TPSA) is 68.5 Å². The van der Waals surface area contributed by atoms with E-state index < -0.39 is 16.2 Å². The Bertz CT molecular complexity index is 790. The fourth-order valence-corrected chi connectivity index (χ4v) is 3.24. The van der Waals surface area contributed by atoms with E-state index in [1.807, 2.05) is 22.9 Å². The first-order valence-corrected chi connectivity index (χ1v) is 8.54. The average Bonchev–Trinajstić information content (AvgIpc) is 2.87. The second-order valence-corrected chi connectivity index (χ2v) is 7.05. The fourth-order valence-electron chi connectivity index (χ4n) is 2.79. The molecule has 1 atom stereocenters. The molecule has 5 nitrogen and oxygen atoms in total. The summed E-state index contributed by atoms with van der Waals surface area (Å²) in [6.45, 7) is 2.25. The van der Waals surface area contributed by atoms with Crippen molar-refractivity contribution >= 4 is 10.1 Å². The van der Waals surface area contributed by atoms with Crippen molar-refractivity contribution in [2.45, 2.75) is 26.0 Å². The molecule has 0 amide bonds. The Morgan fingerprint density at radius 3 is 2.76 bits per heavy atom. The molecule has 0 radical (unpaired) electrons. The van der Waals surface area contributed by atoms with Crippen LogP contribution in [0.3, 0.4) is 0 Å². The van der Waals surface area contributed by atoms with Crippen LogP contribution in [-0.4, -0.2) is 30.5 Å². The molecule has 1 aliphatic rings. The molecule has 0 saturated carbocycles. The zero-order valence-electron chi connectivity index (χ0n) is 11.9. The number of aliphatic hydroxyl groups is 1. The van der Waals surface area contributed by atoms with Crippen LogP contribution in [0.25, 0.3) is 11.3 Å². The number of rotatable bonds is 4. The Morgan fingerprint density at radius 2 is 2.10 bits per heavy atom. The smallest absolute Gasteiger partial charge is 0.306 e. The normalized spacial score (nSPS) is 14.6. The molecule has 0 fully saturated rings. The van der Waals surface area contributed by atoms with Gasteiger partial charge in [0.25, 0.3) is 0 Å². The molecule has 3 rings (SSSR count). The predicted molar refractivity (Wildman–Crippen MR) is 79.8 cm³/mol. The van der Waals surface area contributed by atoms with E-state index in [1.165, 1.54) is 5.56 Å². The summed E-state index contributed by atoms with van der Waals surface area (Å²) in [5.74, 6) is 0.314. The molecule has 0 aliphatic heterocycles. The van der Waals surface area contributed by atoms with E-state index in [-0.39, 0.29) is 0 Å². The zero-order chi connectivity index (χ0) is 15.2. The lowest BCUT2D eigenvalue weighted by Gasteiger charge is -2.12. The summed E-state index contributed by atoms with van der Waals surface area (Å²) in [5, 5.41) is 9.59. The van der Waals surface area contributed by atoms with Gasteiger partial charge in [-0.3, -0.25) is 0 Å². The molecule has 1 aromatic heterocycles. The van der Waals surface area contributed by atoms with Gasteiger partial charge in [0.2, 0.25) is 0 Å². The van der Waals surface area contributed by atoms with Gasteiger partial charge in [0, 0.05) is 24.7 Å². The summed E-state index contributed by atoms with van der Waals surface area (Å²) in [6, 6.07) is 7.35. The second kappa shape index (κ2) is 4.89. The van der Waals surface area contributed by atoms with Crippen molar-refractivity contribution in [3.05, 3.63) is 41.6 Å². The van der Waals surface area contributed by atoms with Gasteiger partial charge in [0.15, 0.2) is 0 Å². The molecule has 0 saturated heterocycles. The number of aliphatic hydroxyl groups excluding tert-OH is 1. The third kappa shape index (κ3) is 2.82. The third-order valence-corrected chi connectivity index (χ3v) is 3.97. The maximum absolute atomic E-state index is 11.2. The van der Waals surface area contributed by atoms with E-state index in [0.29, 0.717) is 12.3 Å². The summed E-state index contributed by atoms with van der Waals surface area (Å²) >= 11 is 0. The maximum Gasteiger partial charge on any atom is 0.306 e. The van der Waals surface area contributed by atoms with E-state index in [0.717, 1.165) is 29.5 Å². The Morgan fingerprint density at radius 1 is 1.33 bits per heavy atom. The highest BCUT2D eigenvalue weighted by Gasteiger charge is 2.23. The first kappa shape index (κ1) is 14.2. The minimum atomic E-state index is -3.53. The van der Waals surface area contributed by atoms with Crippen LogP contribution in [0, 0.1) is 0 Å². The molecular formula is C15H17NO4S. The lowest BCUT2D eigenvalue weighted by molar-refractivity contribution is 0.174. The van der Waals surface area contributed by atoms with Crippen LogP contribution in [0.5, 0.6) is 5.75 Å². The standard InChI is InChI=1S/C15H17NO4S/c1-10(17)9-16-6-5-12-7-11-3-4-13(20-21(2,18)19)8-14(11)15(12)16/h3-6,8,10,17H,7,9H2,1-2H3/t10-/m0/s1. The number of fused-ring (bicyclic) bond motifs is 3. The van der Waals surface area contributed by atoms with Crippen molar-refractivity contribution in [1.82, 2.24) is 4.57 Å². The molecule has 21 heavy (non-hydrogen) atoms.